The van der Waals surface area contributed by atoms with Gasteiger partial charge < -0.3 is 4.42 Å². The number of hydrogen-bond acceptors (Lipinski definition) is 4. The molecule has 0 aliphatic rings. The van der Waals surface area contributed by atoms with Crippen LogP contribution in [0.25, 0.3) is 11.0 Å². The van der Waals surface area contributed by atoms with Crippen LogP contribution < -0.4 is 10.9 Å². The van der Waals surface area contributed by atoms with Crippen LogP contribution in [0.3, 0.4) is 0 Å². The Morgan fingerprint density at radius 3 is 2.33 bits per heavy atom. The molecule has 0 radical (unpaired) electrons. The monoisotopic (exact) mass is 319 g/mol. The second kappa shape index (κ2) is 6.26. The summed E-state index contributed by atoms with van der Waals surface area (Å²) in [5, 5.41) is 9.59. The van der Waals surface area contributed by atoms with Crippen molar-refractivity contribution in [3.63, 3.8) is 0 Å². The number of amides is 2. The molecule has 24 heavy (non-hydrogen) atoms. The summed E-state index contributed by atoms with van der Waals surface area (Å²) in [7, 11) is 0. The van der Waals surface area contributed by atoms with Crippen LogP contribution in [0, 0.1) is 18.3 Å². The predicted octanol–water partition coefficient (Wildman–Crippen LogP) is 2.69. The fourth-order valence-corrected chi connectivity index (χ4v) is 2.33. The molecule has 0 unspecified atom stereocenters. The maximum Gasteiger partial charge on any atom is 0.305 e. The Balaban J connectivity index is 1.71. The van der Waals surface area contributed by atoms with Gasteiger partial charge >= 0.3 is 5.91 Å². The lowest BCUT2D eigenvalue weighted by Crippen LogP contribution is -2.41. The molecule has 0 spiro atoms. The van der Waals surface area contributed by atoms with Crippen molar-refractivity contribution in [3.05, 3.63) is 71.0 Å². The van der Waals surface area contributed by atoms with E-state index in [9.17, 15) is 9.59 Å². The maximum absolute atomic E-state index is 12.2. The normalized spacial score (nSPS) is 10.2. The van der Waals surface area contributed by atoms with E-state index in [1.54, 1.807) is 13.0 Å². The van der Waals surface area contributed by atoms with Crippen molar-refractivity contribution in [2.75, 3.05) is 0 Å². The second-order valence-corrected chi connectivity index (χ2v) is 5.15. The summed E-state index contributed by atoms with van der Waals surface area (Å²) in [6.45, 7) is 1.78. The van der Waals surface area contributed by atoms with E-state index in [0.717, 1.165) is 5.39 Å². The van der Waals surface area contributed by atoms with Gasteiger partial charge in [-0.15, -0.1) is 0 Å². The van der Waals surface area contributed by atoms with Crippen LogP contribution >= 0.6 is 0 Å². The van der Waals surface area contributed by atoms with Gasteiger partial charge in [0.2, 0.25) is 0 Å². The van der Waals surface area contributed by atoms with E-state index in [0.29, 0.717) is 22.3 Å². The minimum absolute atomic E-state index is 0.149. The molecule has 2 amide bonds. The van der Waals surface area contributed by atoms with Crippen LogP contribution in [-0.4, -0.2) is 11.8 Å². The number of nitriles is 1. The lowest BCUT2D eigenvalue weighted by molar-refractivity contribution is 0.0831. The molecule has 0 saturated carbocycles. The zero-order chi connectivity index (χ0) is 17.1. The Morgan fingerprint density at radius 2 is 1.67 bits per heavy atom. The lowest BCUT2D eigenvalue weighted by atomic mass is 10.1. The minimum atomic E-state index is -0.536. The van der Waals surface area contributed by atoms with E-state index >= 15 is 0 Å². The number of benzene rings is 2. The van der Waals surface area contributed by atoms with Gasteiger partial charge in [0.15, 0.2) is 5.76 Å². The highest BCUT2D eigenvalue weighted by atomic mass is 16.3. The van der Waals surface area contributed by atoms with Crippen LogP contribution in [0.4, 0.5) is 0 Å². The SMILES string of the molecule is Cc1c(C(=O)NNC(=O)c2ccc(C#N)cc2)oc2ccccc12. The van der Waals surface area contributed by atoms with Crippen molar-refractivity contribution in [3.8, 4) is 6.07 Å². The summed E-state index contributed by atoms with van der Waals surface area (Å²) in [5.41, 5.74) is 6.75. The van der Waals surface area contributed by atoms with Gasteiger partial charge in [-0.2, -0.15) is 5.26 Å². The lowest BCUT2D eigenvalue weighted by Gasteiger charge is -2.06. The van der Waals surface area contributed by atoms with E-state index in [4.69, 9.17) is 9.68 Å². The third-order valence-electron chi connectivity index (χ3n) is 3.62. The quantitative estimate of drug-likeness (QED) is 0.710. The Hall–Kier alpha value is -3.59. The molecule has 0 aliphatic carbocycles. The maximum atomic E-state index is 12.2. The molecule has 6 heteroatoms. The highest BCUT2D eigenvalue weighted by molar-refractivity contribution is 6.01. The molecule has 3 rings (SSSR count). The smallest absolute Gasteiger partial charge is 0.305 e. The number of hydrogen-bond donors (Lipinski definition) is 2. The Labute approximate surface area is 137 Å². The molecule has 2 N–H and O–H groups in total. The average Bonchev–Trinajstić information content (AvgIpc) is 2.96. The van der Waals surface area contributed by atoms with Crippen molar-refractivity contribution in [2.24, 2.45) is 0 Å². The van der Waals surface area contributed by atoms with Crippen molar-refractivity contribution < 1.29 is 14.0 Å². The number of carbonyl (C=O) groups excluding carboxylic acids is 2. The summed E-state index contributed by atoms with van der Waals surface area (Å²) in [5.74, 6) is -0.872. The van der Waals surface area contributed by atoms with Gasteiger partial charge in [0.05, 0.1) is 11.6 Å². The Morgan fingerprint density at radius 1 is 1.00 bits per heavy atom. The summed E-state index contributed by atoms with van der Waals surface area (Å²) in [4.78, 5) is 24.2. The minimum Gasteiger partial charge on any atom is -0.451 e. The average molecular weight is 319 g/mol. The number of rotatable bonds is 2. The first-order valence-electron chi connectivity index (χ1n) is 7.19. The number of carbonyl (C=O) groups is 2. The number of nitrogens with one attached hydrogen (secondary N) is 2. The number of fused-ring (bicyclic) bond motifs is 1. The molecule has 1 heterocycles. The molecular formula is C18H13N3O3. The molecule has 118 valence electrons. The first-order chi connectivity index (χ1) is 11.6. The number of hydrazine groups is 1. The van der Waals surface area contributed by atoms with Crippen molar-refractivity contribution in [2.45, 2.75) is 6.92 Å². The third kappa shape index (κ3) is 2.83. The molecule has 6 nitrogen and oxygen atoms in total. The van der Waals surface area contributed by atoms with E-state index in [2.05, 4.69) is 10.9 Å². The summed E-state index contributed by atoms with van der Waals surface area (Å²) in [6.07, 6.45) is 0. The highest BCUT2D eigenvalue weighted by Gasteiger charge is 2.18. The van der Waals surface area contributed by atoms with Crippen LogP contribution in [0.5, 0.6) is 0 Å². The van der Waals surface area contributed by atoms with Gasteiger partial charge in [0.25, 0.3) is 5.91 Å². The summed E-state index contributed by atoms with van der Waals surface area (Å²) in [6, 6.07) is 15.4. The van der Waals surface area contributed by atoms with Crippen LogP contribution in [0.15, 0.2) is 52.9 Å². The van der Waals surface area contributed by atoms with Gasteiger partial charge in [-0.05, 0) is 37.3 Å². The Bertz CT molecular complexity index is 965. The molecule has 3 aromatic rings. The zero-order valence-corrected chi connectivity index (χ0v) is 12.8. The zero-order valence-electron chi connectivity index (χ0n) is 12.8. The van der Waals surface area contributed by atoms with E-state index in [-0.39, 0.29) is 5.76 Å². The molecule has 0 atom stereocenters. The van der Waals surface area contributed by atoms with Crippen molar-refractivity contribution >= 4 is 22.8 Å². The molecule has 0 aliphatic heterocycles. The van der Waals surface area contributed by atoms with Crippen LogP contribution in [0.1, 0.15) is 32.0 Å². The van der Waals surface area contributed by atoms with Gasteiger partial charge in [-0.25, -0.2) is 0 Å². The number of furan rings is 1. The van der Waals surface area contributed by atoms with Crippen LogP contribution in [-0.2, 0) is 0 Å². The Kier molecular flexibility index (Phi) is 4.00. The van der Waals surface area contributed by atoms with Gasteiger partial charge in [-0.3, -0.25) is 20.4 Å². The predicted molar refractivity (Wildman–Crippen MR) is 87.0 cm³/mol. The van der Waals surface area contributed by atoms with E-state index < -0.39 is 11.8 Å². The highest BCUT2D eigenvalue weighted by Crippen LogP contribution is 2.24. The molecule has 1 aromatic heterocycles. The molecule has 0 bridgehead atoms. The van der Waals surface area contributed by atoms with Gasteiger partial charge in [0.1, 0.15) is 5.58 Å². The third-order valence-corrected chi connectivity index (χ3v) is 3.62. The van der Waals surface area contributed by atoms with Gasteiger partial charge in [-0.1, -0.05) is 18.2 Å². The molecule has 0 saturated heterocycles. The fraction of sp³-hybridized carbons (Fsp3) is 0.0556. The topological polar surface area (TPSA) is 95.1 Å². The van der Waals surface area contributed by atoms with Crippen molar-refractivity contribution in [1.82, 2.24) is 10.9 Å². The molecular weight excluding hydrogens is 306 g/mol. The summed E-state index contributed by atoms with van der Waals surface area (Å²) < 4.78 is 5.53. The van der Waals surface area contributed by atoms with Crippen molar-refractivity contribution in [1.29, 1.82) is 5.26 Å². The summed E-state index contributed by atoms with van der Waals surface area (Å²) >= 11 is 0. The van der Waals surface area contributed by atoms with Gasteiger partial charge in [0, 0.05) is 16.5 Å². The molecule has 2 aromatic carbocycles. The number of aryl methyl sites for hydroxylation is 1. The van der Waals surface area contributed by atoms with E-state index in [1.165, 1.54) is 24.3 Å². The van der Waals surface area contributed by atoms with E-state index in [1.807, 2.05) is 24.3 Å². The molecule has 0 fully saturated rings. The second-order valence-electron chi connectivity index (χ2n) is 5.15. The van der Waals surface area contributed by atoms with Crippen LogP contribution in [0.2, 0.25) is 0 Å². The fourth-order valence-electron chi connectivity index (χ4n) is 2.33. The largest absolute Gasteiger partial charge is 0.451 e. The first-order valence-corrected chi connectivity index (χ1v) is 7.19. The number of nitrogens with zero attached hydrogens (tertiary/aromatic N) is 1. The number of para-hydroxylation sites is 1. The standard InChI is InChI=1S/C18H13N3O3/c1-11-14-4-2-3-5-15(14)24-16(11)18(23)21-20-17(22)13-8-6-12(10-19)7-9-13/h2-9H,1H3,(H,20,22)(H,21,23). The first kappa shape index (κ1) is 15.3.